The van der Waals surface area contributed by atoms with Crippen molar-refractivity contribution in [3.05, 3.63) is 23.8 Å². The summed E-state index contributed by atoms with van der Waals surface area (Å²) in [6, 6.07) is 4.54. The number of carbonyl (C=O) groups excluding carboxylic acids is 2. The first-order valence-corrected chi connectivity index (χ1v) is 9.47. The molecule has 0 saturated carbocycles. The number of amides is 1. The van der Waals surface area contributed by atoms with Gasteiger partial charge in [-0.15, -0.1) is 0 Å². The van der Waals surface area contributed by atoms with Gasteiger partial charge in [0.1, 0.15) is 18.0 Å². The first kappa shape index (κ1) is 22.7. The number of halogens is 2. The number of esters is 1. The van der Waals surface area contributed by atoms with Crippen molar-refractivity contribution in [1.29, 1.82) is 0 Å². The largest absolute Gasteiger partial charge is 0.488 e. The second-order valence-corrected chi connectivity index (χ2v) is 7.79. The molecule has 0 radical (unpaired) electrons. The zero-order valence-corrected chi connectivity index (χ0v) is 17.2. The van der Waals surface area contributed by atoms with E-state index in [0.29, 0.717) is 31.6 Å². The van der Waals surface area contributed by atoms with E-state index in [1.807, 2.05) is 20.8 Å². The maximum Gasteiger partial charge on any atom is 0.410 e. The van der Waals surface area contributed by atoms with E-state index in [4.69, 9.17) is 14.2 Å². The Balaban J connectivity index is 2.01. The van der Waals surface area contributed by atoms with Gasteiger partial charge in [0, 0.05) is 24.8 Å². The number of piperidine rings is 1. The van der Waals surface area contributed by atoms with Crippen molar-refractivity contribution >= 4 is 17.7 Å². The number of nitrogens with zero attached hydrogens (tertiary/aromatic N) is 1. The first-order chi connectivity index (χ1) is 13.6. The third kappa shape index (κ3) is 7.07. The molecule has 0 spiro atoms. The van der Waals surface area contributed by atoms with Crippen LogP contribution in [0.2, 0.25) is 0 Å². The van der Waals surface area contributed by atoms with Gasteiger partial charge >= 0.3 is 12.1 Å². The van der Waals surface area contributed by atoms with Gasteiger partial charge in [0.05, 0.1) is 12.7 Å². The third-order valence-corrected chi connectivity index (χ3v) is 4.28. The summed E-state index contributed by atoms with van der Waals surface area (Å²) in [5.74, 6) is -0.433. The number of methoxy groups -OCH3 is 1. The molecule has 1 aliphatic heterocycles. The van der Waals surface area contributed by atoms with Gasteiger partial charge in [-0.2, -0.15) is 0 Å². The molecule has 0 aliphatic carbocycles. The molecular weight excluding hydrogens is 386 g/mol. The van der Waals surface area contributed by atoms with Crippen molar-refractivity contribution < 1.29 is 32.6 Å². The second kappa shape index (κ2) is 9.76. The van der Waals surface area contributed by atoms with Gasteiger partial charge in [-0.25, -0.2) is 18.4 Å². The lowest BCUT2D eigenvalue weighted by Crippen LogP contribution is -2.44. The Morgan fingerprint density at radius 3 is 2.45 bits per heavy atom. The fraction of sp³-hybridized carbons (Fsp3) is 0.600. The fourth-order valence-electron chi connectivity index (χ4n) is 2.93. The molecule has 1 N–H and O–H groups in total. The predicted octanol–water partition coefficient (Wildman–Crippen LogP) is 3.93. The van der Waals surface area contributed by atoms with E-state index in [9.17, 15) is 18.4 Å². The number of likely N-dealkylation sites (tertiary alicyclic amines) is 1. The van der Waals surface area contributed by atoms with Gasteiger partial charge in [-0.3, -0.25) is 0 Å². The van der Waals surface area contributed by atoms with E-state index >= 15 is 0 Å². The maximum atomic E-state index is 12.3. The molecule has 9 heteroatoms. The number of nitrogens with one attached hydrogen (secondary N) is 1. The van der Waals surface area contributed by atoms with Gasteiger partial charge in [0.25, 0.3) is 6.43 Å². The molecule has 0 atom stereocenters. The number of benzene rings is 1. The van der Waals surface area contributed by atoms with E-state index < -0.39 is 24.6 Å². The quantitative estimate of drug-likeness (QED) is 0.711. The average molecular weight is 414 g/mol. The van der Waals surface area contributed by atoms with Gasteiger partial charge < -0.3 is 24.4 Å². The van der Waals surface area contributed by atoms with Crippen molar-refractivity contribution in [3.63, 3.8) is 0 Å². The molecule has 1 aliphatic rings. The summed E-state index contributed by atoms with van der Waals surface area (Å²) in [5, 5.41) is 3.28. The van der Waals surface area contributed by atoms with Gasteiger partial charge in [-0.1, -0.05) is 0 Å². The summed E-state index contributed by atoms with van der Waals surface area (Å²) in [5.41, 5.74) is 0.182. The molecule has 2 rings (SSSR count). The summed E-state index contributed by atoms with van der Waals surface area (Å²) in [7, 11) is 1.25. The number of alkyl halides is 2. The Labute approximate surface area is 169 Å². The zero-order chi connectivity index (χ0) is 21.6. The molecule has 1 aromatic rings. The number of hydrogen-bond acceptors (Lipinski definition) is 6. The Morgan fingerprint density at radius 2 is 1.90 bits per heavy atom. The van der Waals surface area contributed by atoms with Crippen LogP contribution >= 0.6 is 0 Å². The predicted molar refractivity (Wildman–Crippen MR) is 104 cm³/mol. The number of ether oxygens (including phenoxy) is 3. The molecule has 1 heterocycles. The Kier molecular flexibility index (Phi) is 7.64. The Morgan fingerprint density at radius 1 is 1.24 bits per heavy atom. The van der Waals surface area contributed by atoms with Crippen LogP contribution in [0.15, 0.2) is 18.2 Å². The summed E-state index contributed by atoms with van der Waals surface area (Å²) in [6.45, 7) is 5.76. The zero-order valence-electron chi connectivity index (χ0n) is 17.2. The van der Waals surface area contributed by atoms with Crippen molar-refractivity contribution in [3.8, 4) is 5.75 Å². The molecule has 1 aromatic carbocycles. The van der Waals surface area contributed by atoms with Crippen molar-refractivity contribution in [2.45, 2.75) is 51.7 Å². The highest BCUT2D eigenvalue weighted by Gasteiger charge is 2.27. The van der Waals surface area contributed by atoms with Gasteiger partial charge in [-0.05, 0) is 51.8 Å². The topological polar surface area (TPSA) is 77.1 Å². The van der Waals surface area contributed by atoms with Crippen LogP contribution in [0.4, 0.5) is 19.3 Å². The molecule has 1 amide bonds. The summed E-state index contributed by atoms with van der Waals surface area (Å²) < 4.78 is 39.9. The smallest absolute Gasteiger partial charge is 0.410 e. The summed E-state index contributed by atoms with van der Waals surface area (Å²) >= 11 is 0. The van der Waals surface area contributed by atoms with Crippen LogP contribution in [0.1, 0.15) is 44.0 Å². The summed E-state index contributed by atoms with van der Waals surface area (Å²) in [6.07, 6.45) is -1.61. The first-order valence-electron chi connectivity index (χ1n) is 9.47. The van der Waals surface area contributed by atoms with E-state index in [-0.39, 0.29) is 23.4 Å². The van der Waals surface area contributed by atoms with Crippen molar-refractivity contribution in [2.24, 2.45) is 0 Å². The molecular formula is C20H28F2N2O5. The molecule has 162 valence electrons. The molecule has 7 nitrogen and oxygen atoms in total. The fourth-order valence-corrected chi connectivity index (χ4v) is 2.93. The van der Waals surface area contributed by atoms with E-state index in [1.54, 1.807) is 11.0 Å². The van der Waals surface area contributed by atoms with E-state index in [2.05, 4.69) is 5.32 Å². The minimum atomic E-state index is -2.61. The van der Waals surface area contributed by atoms with Crippen LogP contribution in [0.25, 0.3) is 0 Å². The lowest BCUT2D eigenvalue weighted by Gasteiger charge is -2.34. The lowest BCUT2D eigenvalue weighted by atomic mass is 10.0. The minimum Gasteiger partial charge on any atom is -0.488 e. The monoisotopic (exact) mass is 414 g/mol. The molecule has 1 saturated heterocycles. The highest BCUT2D eigenvalue weighted by atomic mass is 19.3. The highest BCUT2D eigenvalue weighted by molar-refractivity contribution is 5.96. The Hall–Kier alpha value is -2.58. The summed E-state index contributed by atoms with van der Waals surface area (Å²) in [4.78, 5) is 25.9. The Bertz CT molecular complexity index is 713. The third-order valence-electron chi connectivity index (χ3n) is 4.28. The normalized spacial score (nSPS) is 15.2. The number of rotatable bonds is 6. The van der Waals surface area contributed by atoms with Gasteiger partial charge in [0.2, 0.25) is 0 Å². The van der Waals surface area contributed by atoms with Crippen LogP contribution in [0.5, 0.6) is 5.75 Å². The minimum absolute atomic E-state index is 0.0323. The molecule has 29 heavy (non-hydrogen) atoms. The SMILES string of the molecule is COC(=O)c1cc(OCC(F)F)ccc1NC1CCN(C(=O)OC(C)(C)C)CC1. The van der Waals surface area contributed by atoms with Crippen LogP contribution in [-0.4, -0.2) is 61.8 Å². The van der Waals surface area contributed by atoms with Crippen LogP contribution in [0.3, 0.4) is 0 Å². The number of carbonyl (C=O) groups is 2. The maximum absolute atomic E-state index is 12.3. The second-order valence-electron chi connectivity index (χ2n) is 7.79. The lowest BCUT2D eigenvalue weighted by molar-refractivity contribution is 0.0210. The molecule has 0 unspecified atom stereocenters. The van der Waals surface area contributed by atoms with Crippen molar-refractivity contribution in [1.82, 2.24) is 4.90 Å². The molecule has 1 fully saturated rings. The van der Waals surface area contributed by atoms with Gasteiger partial charge in [0.15, 0.2) is 0 Å². The standard InChI is InChI=1S/C20H28F2N2O5/c1-20(2,3)29-19(26)24-9-7-13(8-10-24)23-16-6-5-14(28-12-17(21)22)11-15(16)18(25)27-4/h5-6,11,13,17,23H,7-10,12H2,1-4H3. The van der Waals surface area contributed by atoms with E-state index in [1.165, 1.54) is 19.2 Å². The van der Waals surface area contributed by atoms with Crippen LogP contribution < -0.4 is 10.1 Å². The van der Waals surface area contributed by atoms with Crippen molar-refractivity contribution in [2.75, 3.05) is 32.1 Å². The molecule has 0 aromatic heterocycles. The molecule has 0 bridgehead atoms. The average Bonchev–Trinajstić information content (AvgIpc) is 2.65. The number of hydrogen-bond donors (Lipinski definition) is 1. The number of anilines is 1. The van der Waals surface area contributed by atoms with Crippen LogP contribution in [0, 0.1) is 0 Å². The van der Waals surface area contributed by atoms with Crippen LogP contribution in [-0.2, 0) is 9.47 Å². The highest BCUT2D eigenvalue weighted by Crippen LogP contribution is 2.26. The van der Waals surface area contributed by atoms with E-state index in [0.717, 1.165) is 0 Å².